The minimum atomic E-state index is -0.133. The van der Waals surface area contributed by atoms with Crippen molar-refractivity contribution in [1.82, 2.24) is 10.2 Å². The number of hydrogen-bond acceptors (Lipinski definition) is 3. The summed E-state index contributed by atoms with van der Waals surface area (Å²) in [5, 5.41) is 9.56. The topological polar surface area (TPSA) is 67.0 Å². The Balaban J connectivity index is 1.72. The fraction of sp³-hybridized carbons (Fsp3) is 0.667. The second-order valence-corrected chi connectivity index (χ2v) is 4.40. The molecule has 1 aliphatic carbocycles. The first-order valence-corrected chi connectivity index (χ1v) is 6.23. The van der Waals surface area contributed by atoms with Crippen LogP contribution in [0.1, 0.15) is 38.3 Å². The van der Waals surface area contributed by atoms with Gasteiger partial charge in [-0.25, -0.2) is 0 Å². The molecule has 2 rings (SSSR count). The average Bonchev–Trinajstić information content (AvgIpc) is 2.97. The van der Waals surface area contributed by atoms with Crippen LogP contribution in [0.4, 0.5) is 5.82 Å². The first-order chi connectivity index (χ1) is 8.28. The first-order valence-electron chi connectivity index (χ1n) is 6.23. The van der Waals surface area contributed by atoms with Gasteiger partial charge in [-0.1, -0.05) is 19.8 Å². The minimum Gasteiger partial charge on any atom is -0.368 e. The third-order valence-corrected chi connectivity index (χ3v) is 3.03. The lowest BCUT2D eigenvalue weighted by Crippen LogP contribution is -2.22. The van der Waals surface area contributed by atoms with Gasteiger partial charge in [0.25, 0.3) is 5.91 Å². The number of aromatic nitrogens is 2. The van der Waals surface area contributed by atoms with Gasteiger partial charge in [0.15, 0.2) is 5.82 Å². The van der Waals surface area contributed by atoms with Gasteiger partial charge in [-0.3, -0.25) is 9.89 Å². The van der Waals surface area contributed by atoms with Gasteiger partial charge in [-0.2, -0.15) is 5.10 Å². The molecular formula is C12H19N3O2. The molecule has 17 heavy (non-hydrogen) atoms. The van der Waals surface area contributed by atoms with Crippen LogP contribution < -0.4 is 5.32 Å². The highest BCUT2D eigenvalue weighted by Gasteiger charge is 2.16. The first kappa shape index (κ1) is 12.1. The van der Waals surface area contributed by atoms with Crippen molar-refractivity contribution in [3.05, 3.63) is 11.8 Å². The number of carbonyl (C=O) groups is 1. The van der Waals surface area contributed by atoms with Gasteiger partial charge in [0, 0.05) is 11.8 Å². The molecule has 1 aliphatic rings. The van der Waals surface area contributed by atoms with Crippen LogP contribution in [0.3, 0.4) is 0 Å². The molecule has 0 aromatic carbocycles. The van der Waals surface area contributed by atoms with Gasteiger partial charge in [0.05, 0.1) is 6.10 Å². The van der Waals surface area contributed by atoms with E-state index in [9.17, 15) is 4.79 Å². The Hall–Kier alpha value is -1.36. The van der Waals surface area contributed by atoms with Crippen LogP contribution in [0.2, 0.25) is 0 Å². The van der Waals surface area contributed by atoms with Crippen LogP contribution in [0.25, 0.3) is 0 Å². The molecule has 1 heterocycles. The molecule has 0 spiro atoms. The molecule has 5 nitrogen and oxygen atoms in total. The fourth-order valence-corrected chi connectivity index (χ4v) is 2.03. The third kappa shape index (κ3) is 3.56. The van der Waals surface area contributed by atoms with Crippen molar-refractivity contribution in [3.8, 4) is 0 Å². The summed E-state index contributed by atoms with van der Waals surface area (Å²) in [6.45, 7) is 2.15. The zero-order chi connectivity index (χ0) is 12.1. The Morgan fingerprint density at radius 2 is 2.35 bits per heavy atom. The fourth-order valence-electron chi connectivity index (χ4n) is 2.03. The van der Waals surface area contributed by atoms with E-state index in [1.165, 1.54) is 12.8 Å². The van der Waals surface area contributed by atoms with Crippen molar-refractivity contribution in [1.29, 1.82) is 0 Å². The van der Waals surface area contributed by atoms with Crippen LogP contribution in [-0.4, -0.2) is 28.8 Å². The summed E-state index contributed by atoms with van der Waals surface area (Å²) in [5.41, 5.74) is 1.01. The summed E-state index contributed by atoms with van der Waals surface area (Å²) >= 11 is 0. The molecule has 1 aromatic heterocycles. The number of nitrogens with zero attached hydrogens (tertiary/aromatic N) is 1. The van der Waals surface area contributed by atoms with E-state index in [4.69, 9.17) is 4.74 Å². The van der Waals surface area contributed by atoms with Crippen LogP contribution in [-0.2, 0) is 16.0 Å². The molecule has 94 valence electrons. The quantitative estimate of drug-likeness (QED) is 0.821. The molecule has 1 amide bonds. The Labute approximate surface area is 101 Å². The zero-order valence-corrected chi connectivity index (χ0v) is 10.2. The second kappa shape index (κ2) is 5.82. The van der Waals surface area contributed by atoms with E-state index in [0.717, 1.165) is 25.0 Å². The molecule has 0 radical (unpaired) electrons. The summed E-state index contributed by atoms with van der Waals surface area (Å²) in [7, 11) is 0. The number of amides is 1. The maximum absolute atomic E-state index is 11.6. The largest absolute Gasteiger partial charge is 0.368 e. The van der Waals surface area contributed by atoms with Crippen molar-refractivity contribution in [3.63, 3.8) is 0 Å². The smallest absolute Gasteiger partial charge is 0.251 e. The lowest BCUT2D eigenvalue weighted by Gasteiger charge is -2.09. The lowest BCUT2D eigenvalue weighted by atomic mass is 10.3. The molecule has 0 bridgehead atoms. The highest BCUT2D eigenvalue weighted by molar-refractivity contribution is 5.90. The summed E-state index contributed by atoms with van der Waals surface area (Å²) in [5.74, 6) is 0.438. The van der Waals surface area contributed by atoms with E-state index in [0.29, 0.717) is 5.82 Å². The SMILES string of the molecule is CCc1cc(NC(=O)COC2CCCC2)n[nH]1. The van der Waals surface area contributed by atoms with Crippen molar-refractivity contribution in [2.45, 2.75) is 45.1 Å². The van der Waals surface area contributed by atoms with E-state index >= 15 is 0 Å². The van der Waals surface area contributed by atoms with Crippen LogP contribution in [0.5, 0.6) is 0 Å². The second-order valence-electron chi connectivity index (χ2n) is 4.40. The Morgan fingerprint density at radius 3 is 3.00 bits per heavy atom. The molecule has 0 atom stereocenters. The summed E-state index contributed by atoms with van der Waals surface area (Å²) in [6, 6.07) is 1.84. The number of carbonyl (C=O) groups excluding carboxylic acids is 1. The molecule has 2 N–H and O–H groups in total. The molecule has 5 heteroatoms. The minimum absolute atomic E-state index is 0.124. The molecular weight excluding hydrogens is 218 g/mol. The normalized spacial score (nSPS) is 16.3. The summed E-state index contributed by atoms with van der Waals surface area (Å²) in [4.78, 5) is 11.6. The van der Waals surface area contributed by atoms with Gasteiger partial charge >= 0.3 is 0 Å². The number of ether oxygens (including phenoxy) is 1. The van der Waals surface area contributed by atoms with Crippen LogP contribution >= 0.6 is 0 Å². The maximum atomic E-state index is 11.6. The van der Waals surface area contributed by atoms with E-state index in [1.54, 1.807) is 0 Å². The molecule has 1 aromatic rings. The van der Waals surface area contributed by atoms with Gasteiger partial charge < -0.3 is 10.1 Å². The number of H-pyrrole nitrogens is 1. The molecule has 0 unspecified atom stereocenters. The van der Waals surface area contributed by atoms with Crippen molar-refractivity contribution >= 4 is 11.7 Å². The van der Waals surface area contributed by atoms with Crippen molar-refractivity contribution in [2.75, 3.05) is 11.9 Å². The van der Waals surface area contributed by atoms with Gasteiger partial charge in [0.2, 0.25) is 0 Å². The van der Waals surface area contributed by atoms with E-state index in [1.807, 2.05) is 13.0 Å². The van der Waals surface area contributed by atoms with Crippen LogP contribution in [0.15, 0.2) is 6.07 Å². The van der Waals surface area contributed by atoms with Gasteiger partial charge in [-0.05, 0) is 19.3 Å². The number of aromatic amines is 1. The molecule has 0 aliphatic heterocycles. The average molecular weight is 237 g/mol. The Bertz CT molecular complexity index is 370. The number of hydrogen-bond donors (Lipinski definition) is 2. The molecule has 1 saturated carbocycles. The number of nitrogens with one attached hydrogen (secondary N) is 2. The van der Waals surface area contributed by atoms with E-state index < -0.39 is 0 Å². The van der Waals surface area contributed by atoms with Crippen LogP contribution in [0, 0.1) is 0 Å². The van der Waals surface area contributed by atoms with Gasteiger partial charge in [-0.15, -0.1) is 0 Å². The van der Waals surface area contributed by atoms with Crippen molar-refractivity contribution < 1.29 is 9.53 Å². The number of aryl methyl sites for hydroxylation is 1. The summed E-state index contributed by atoms with van der Waals surface area (Å²) < 4.78 is 5.52. The molecule has 0 saturated heterocycles. The number of anilines is 1. The summed E-state index contributed by atoms with van der Waals surface area (Å²) in [6.07, 6.45) is 5.73. The van der Waals surface area contributed by atoms with Gasteiger partial charge in [0.1, 0.15) is 6.61 Å². The monoisotopic (exact) mass is 237 g/mol. The standard InChI is InChI=1S/C12H19N3O2/c1-2-9-7-11(15-14-9)13-12(16)8-17-10-5-3-4-6-10/h7,10H,2-6,8H2,1H3,(H2,13,14,15,16). The predicted octanol–water partition coefficient (Wildman–Crippen LogP) is 1.87. The predicted molar refractivity (Wildman–Crippen MR) is 64.8 cm³/mol. The Kier molecular flexibility index (Phi) is 4.14. The molecule has 1 fully saturated rings. The lowest BCUT2D eigenvalue weighted by molar-refractivity contribution is -0.122. The van der Waals surface area contributed by atoms with E-state index in [-0.39, 0.29) is 18.6 Å². The highest BCUT2D eigenvalue weighted by atomic mass is 16.5. The highest BCUT2D eigenvalue weighted by Crippen LogP contribution is 2.20. The third-order valence-electron chi connectivity index (χ3n) is 3.03. The number of rotatable bonds is 5. The van der Waals surface area contributed by atoms with Crippen molar-refractivity contribution in [2.24, 2.45) is 0 Å². The zero-order valence-electron chi connectivity index (χ0n) is 10.2. The maximum Gasteiger partial charge on any atom is 0.251 e. The van der Waals surface area contributed by atoms with E-state index in [2.05, 4.69) is 15.5 Å². The Morgan fingerprint density at radius 1 is 1.59 bits per heavy atom.